The van der Waals surface area contributed by atoms with Crippen LogP contribution in [0.5, 0.6) is 5.75 Å². The van der Waals surface area contributed by atoms with Crippen LogP contribution in [0, 0.1) is 5.92 Å². The lowest BCUT2D eigenvalue weighted by atomic mass is 9.78. The number of carbonyl (C=O) groups is 1. The SMILES string of the molecule is COC(=O)c1ccc(B2OC(C)(C)C(C)(C)O2)cc1OCC(C)C. The third-order valence-corrected chi connectivity index (χ3v) is 4.51. The minimum Gasteiger partial charge on any atom is -0.492 e. The molecule has 0 atom stereocenters. The Balaban J connectivity index is 2.32. The molecule has 1 aromatic rings. The van der Waals surface area contributed by atoms with Crippen LogP contribution in [0.1, 0.15) is 51.9 Å². The molecule has 1 heterocycles. The van der Waals surface area contributed by atoms with Crippen LogP contribution in [0.2, 0.25) is 0 Å². The second-order valence-electron chi connectivity index (χ2n) is 7.54. The molecule has 0 spiro atoms. The maximum Gasteiger partial charge on any atom is 0.494 e. The Bertz CT molecular complexity index is 593. The topological polar surface area (TPSA) is 54.0 Å². The van der Waals surface area contributed by atoms with Crippen LogP contribution in [0.15, 0.2) is 18.2 Å². The predicted molar refractivity (Wildman–Crippen MR) is 93.8 cm³/mol. The molecule has 1 aliphatic rings. The molecule has 24 heavy (non-hydrogen) atoms. The normalized spacial score (nSPS) is 18.8. The molecule has 0 unspecified atom stereocenters. The lowest BCUT2D eigenvalue weighted by molar-refractivity contribution is 0.00578. The summed E-state index contributed by atoms with van der Waals surface area (Å²) in [4.78, 5) is 12.0. The molecule has 0 bridgehead atoms. The molecule has 1 aromatic carbocycles. The molecule has 0 aliphatic carbocycles. The van der Waals surface area contributed by atoms with E-state index in [1.54, 1.807) is 12.1 Å². The monoisotopic (exact) mass is 334 g/mol. The first kappa shape index (κ1) is 18.8. The Morgan fingerprint density at radius 1 is 1.17 bits per heavy atom. The first-order valence-electron chi connectivity index (χ1n) is 8.28. The molecule has 5 nitrogen and oxygen atoms in total. The van der Waals surface area contributed by atoms with Crippen molar-refractivity contribution < 1.29 is 23.6 Å². The van der Waals surface area contributed by atoms with Gasteiger partial charge >= 0.3 is 13.1 Å². The van der Waals surface area contributed by atoms with Crippen LogP contribution in [0.3, 0.4) is 0 Å². The van der Waals surface area contributed by atoms with Crippen LogP contribution in [-0.2, 0) is 14.0 Å². The largest absolute Gasteiger partial charge is 0.494 e. The summed E-state index contributed by atoms with van der Waals surface area (Å²) >= 11 is 0. The minimum absolute atomic E-state index is 0.344. The second kappa shape index (κ2) is 6.77. The summed E-state index contributed by atoms with van der Waals surface area (Å²) in [6.07, 6.45) is 0. The van der Waals surface area contributed by atoms with E-state index in [0.717, 1.165) is 5.46 Å². The van der Waals surface area contributed by atoms with E-state index < -0.39 is 24.3 Å². The Kier molecular flexibility index (Phi) is 5.30. The van der Waals surface area contributed by atoms with Crippen molar-refractivity contribution >= 4 is 18.6 Å². The number of esters is 1. The molecule has 132 valence electrons. The van der Waals surface area contributed by atoms with Gasteiger partial charge in [0.1, 0.15) is 11.3 Å². The minimum atomic E-state index is -0.497. The number of rotatable bonds is 5. The summed E-state index contributed by atoms with van der Waals surface area (Å²) in [6, 6.07) is 5.31. The number of hydrogen-bond acceptors (Lipinski definition) is 5. The van der Waals surface area contributed by atoms with E-state index in [9.17, 15) is 4.79 Å². The average molecular weight is 334 g/mol. The van der Waals surface area contributed by atoms with Crippen LogP contribution >= 0.6 is 0 Å². The maximum atomic E-state index is 12.0. The van der Waals surface area contributed by atoms with Gasteiger partial charge in [-0.3, -0.25) is 0 Å². The highest BCUT2D eigenvalue weighted by atomic mass is 16.7. The van der Waals surface area contributed by atoms with Crippen molar-refractivity contribution in [1.82, 2.24) is 0 Å². The molecule has 0 radical (unpaired) electrons. The van der Waals surface area contributed by atoms with Gasteiger partial charge in [-0.15, -0.1) is 0 Å². The standard InChI is InChI=1S/C18H27BO5/c1-12(2)11-22-15-10-13(8-9-14(15)16(20)21-7)19-23-17(3,4)18(5,6)24-19/h8-10,12H,11H2,1-7H3. The van der Waals surface area contributed by atoms with E-state index in [1.165, 1.54) is 7.11 Å². The van der Waals surface area contributed by atoms with Crippen LogP contribution in [-0.4, -0.2) is 38.0 Å². The lowest BCUT2D eigenvalue weighted by Crippen LogP contribution is -2.41. The molecule has 6 heteroatoms. The molecule has 0 saturated carbocycles. The molecule has 1 saturated heterocycles. The summed E-state index contributed by atoms with van der Waals surface area (Å²) in [5, 5.41) is 0. The van der Waals surface area contributed by atoms with E-state index in [2.05, 4.69) is 13.8 Å². The smallest absolute Gasteiger partial charge is 0.492 e. The van der Waals surface area contributed by atoms with Crippen molar-refractivity contribution in [2.24, 2.45) is 5.92 Å². The first-order valence-corrected chi connectivity index (χ1v) is 8.28. The van der Waals surface area contributed by atoms with Gasteiger partial charge in [-0.2, -0.15) is 0 Å². The summed E-state index contributed by atoms with van der Waals surface area (Å²) in [5.74, 6) is 0.410. The van der Waals surface area contributed by atoms with Crippen molar-refractivity contribution in [2.45, 2.75) is 52.7 Å². The van der Waals surface area contributed by atoms with Gasteiger partial charge in [0.05, 0.1) is 24.9 Å². The van der Waals surface area contributed by atoms with Crippen molar-refractivity contribution in [3.8, 4) is 5.75 Å². The second-order valence-corrected chi connectivity index (χ2v) is 7.54. The number of methoxy groups -OCH3 is 1. The van der Waals surface area contributed by atoms with E-state index in [0.29, 0.717) is 23.8 Å². The highest BCUT2D eigenvalue weighted by Crippen LogP contribution is 2.36. The molecule has 1 fully saturated rings. The molecule has 1 aliphatic heterocycles. The van der Waals surface area contributed by atoms with Gasteiger partial charge in [0.2, 0.25) is 0 Å². The Hall–Kier alpha value is -1.53. The van der Waals surface area contributed by atoms with Gasteiger partial charge < -0.3 is 18.8 Å². The number of hydrogen-bond donors (Lipinski definition) is 0. The predicted octanol–water partition coefficient (Wildman–Crippen LogP) is 2.81. The molecule has 0 N–H and O–H groups in total. The van der Waals surface area contributed by atoms with Gasteiger partial charge in [0, 0.05) is 0 Å². The molecule has 0 aromatic heterocycles. The van der Waals surface area contributed by atoms with Crippen LogP contribution < -0.4 is 10.2 Å². The zero-order valence-electron chi connectivity index (χ0n) is 15.6. The third-order valence-electron chi connectivity index (χ3n) is 4.51. The van der Waals surface area contributed by atoms with Crippen molar-refractivity contribution in [3.63, 3.8) is 0 Å². The molecular formula is C18H27BO5. The maximum absolute atomic E-state index is 12.0. The zero-order chi connectivity index (χ0) is 18.1. The van der Waals surface area contributed by atoms with E-state index in [4.69, 9.17) is 18.8 Å². The summed E-state index contributed by atoms with van der Waals surface area (Å²) < 4.78 is 22.8. The van der Waals surface area contributed by atoms with E-state index in [-0.39, 0.29) is 0 Å². The van der Waals surface area contributed by atoms with Crippen molar-refractivity contribution in [1.29, 1.82) is 0 Å². The quantitative estimate of drug-likeness (QED) is 0.612. The number of ether oxygens (including phenoxy) is 2. The Morgan fingerprint density at radius 3 is 2.25 bits per heavy atom. The summed E-state index contributed by atoms with van der Waals surface area (Å²) in [7, 11) is 0.861. The van der Waals surface area contributed by atoms with Gasteiger partial charge in [0.25, 0.3) is 0 Å². The van der Waals surface area contributed by atoms with Gasteiger partial charge in [-0.1, -0.05) is 19.9 Å². The lowest BCUT2D eigenvalue weighted by Gasteiger charge is -2.32. The van der Waals surface area contributed by atoms with Gasteiger partial charge in [0.15, 0.2) is 0 Å². The zero-order valence-corrected chi connectivity index (χ0v) is 15.6. The van der Waals surface area contributed by atoms with Gasteiger partial charge in [-0.05, 0) is 51.2 Å². The molecule has 0 amide bonds. The third kappa shape index (κ3) is 3.76. The van der Waals surface area contributed by atoms with Crippen molar-refractivity contribution in [2.75, 3.05) is 13.7 Å². The van der Waals surface area contributed by atoms with E-state index >= 15 is 0 Å². The fraction of sp³-hybridized carbons (Fsp3) is 0.611. The summed E-state index contributed by atoms with van der Waals surface area (Å²) in [6.45, 7) is 12.6. The van der Waals surface area contributed by atoms with Crippen molar-refractivity contribution in [3.05, 3.63) is 23.8 Å². The van der Waals surface area contributed by atoms with Gasteiger partial charge in [-0.25, -0.2) is 4.79 Å². The first-order chi connectivity index (χ1) is 11.1. The van der Waals surface area contributed by atoms with Crippen LogP contribution in [0.4, 0.5) is 0 Å². The highest BCUT2D eigenvalue weighted by molar-refractivity contribution is 6.62. The molecule has 2 rings (SSSR count). The average Bonchev–Trinajstić information content (AvgIpc) is 2.72. The summed E-state index contributed by atoms with van der Waals surface area (Å²) in [5.41, 5.74) is 0.383. The Labute approximate surface area is 144 Å². The number of benzene rings is 1. The van der Waals surface area contributed by atoms with E-state index in [1.807, 2.05) is 33.8 Å². The van der Waals surface area contributed by atoms with Crippen LogP contribution in [0.25, 0.3) is 0 Å². The fourth-order valence-corrected chi connectivity index (χ4v) is 2.32. The Morgan fingerprint density at radius 2 is 1.75 bits per heavy atom. The highest BCUT2D eigenvalue weighted by Gasteiger charge is 2.51. The fourth-order valence-electron chi connectivity index (χ4n) is 2.32. The number of carbonyl (C=O) groups excluding carboxylic acids is 1. The molecular weight excluding hydrogens is 307 g/mol.